The molecule has 2 heterocycles. The molecule has 1 unspecified atom stereocenters. The number of anilines is 1. The number of halogens is 1. The Morgan fingerprint density at radius 2 is 2.25 bits per heavy atom. The number of alkyl halides is 1. The van der Waals surface area contributed by atoms with Gasteiger partial charge in [-0.1, -0.05) is 17.4 Å². The van der Waals surface area contributed by atoms with Gasteiger partial charge in [0.05, 0.1) is 27.8 Å². The summed E-state index contributed by atoms with van der Waals surface area (Å²) in [5.74, 6) is -0.809. The number of nitrogens with one attached hydrogen (secondary N) is 1. The van der Waals surface area contributed by atoms with E-state index < -0.39 is 19.2 Å². The Labute approximate surface area is 143 Å². The van der Waals surface area contributed by atoms with E-state index in [-0.39, 0.29) is 17.6 Å². The molecule has 4 rings (SSSR count). The number of aromatic nitrogens is 1. The molecule has 1 aromatic carbocycles. The highest BCUT2D eigenvalue weighted by Crippen LogP contribution is 2.35. The molecule has 0 spiro atoms. The topological polar surface area (TPSA) is 60.5 Å². The first-order chi connectivity index (χ1) is 11.3. The molecule has 0 bridgehead atoms. The van der Waals surface area contributed by atoms with Crippen molar-refractivity contribution >= 4 is 45.2 Å². The molecule has 0 radical (unpaired) electrons. The van der Waals surface area contributed by atoms with Crippen LogP contribution in [0.5, 0.6) is 0 Å². The number of thiazole rings is 1. The SMILES string of the molecule is CC1OB(c2ccc3nc(NC(=O)[C@@H]4C[C@@H]4F)sc3c2)OC1(C)C. The zero-order valence-electron chi connectivity index (χ0n) is 13.7. The second kappa shape index (κ2) is 5.51. The summed E-state index contributed by atoms with van der Waals surface area (Å²) >= 11 is 1.37. The van der Waals surface area contributed by atoms with Gasteiger partial charge in [-0.25, -0.2) is 9.37 Å². The maximum Gasteiger partial charge on any atom is 0.494 e. The summed E-state index contributed by atoms with van der Waals surface area (Å²) in [6.45, 7) is 6.01. The predicted molar refractivity (Wildman–Crippen MR) is 92.4 cm³/mol. The van der Waals surface area contributed by atoms with Gasteiger partial charge in [0.2, 0.25) is 5.91 Å². The monoisotopic (exact) mass is 348 g/mol. The lowest BCUT2D eigenvalue weighted by Gasteiger charge is -2.21. The van der Waals surface area contributed by atoms with Gasteiger partial charge in [-0.3, -0.25) is 4.79 Å². The van der Waals surface area contributed by atoms with Crippen LogP contribution in [-0.4, -0.2) is 35.9 Å². The van der Waals surface area contributed by atoms with E-state index in [1.807, 2.05) is 39.0 Å². The van der Waals surface area contributed by atoms with Crippen molar-refractivity contribution in [2.75, 3.05) is 5.32 Å². The maximum absolute atomic E-state index is 12.9. The summed E-state index contributed by atoms with van der Waals surface area (Å²) in [6, 6.07) is 5.77. The zero-order chi connectivity index (χ0) is 17.1. The van der Waals surface area contributed by atoms with Gasteiger partial charge in [0.15, 0.2) is 5.13 Å². The Hall–Kier alpha value is -1.51. The highest BCUT2D eigenvalue weighted by atomic mass is 32.1. The van der Waals surface area contributed by atoms with Gasteiger partial charge in [0.1, 0.15) is 6.17 Å². The summed E-state index contributed by atoms with van der Waals surface area (Å²) in [5.41, 5.74) is 1.38. The van der Waals surface area contributed by atoms with Crippen molar-refractivity contribution < 1.29 is 18.5 Å². The molecule has 5 nitrogen and oxygen atoms in total. The standard InChI is InChI=1S/C16H18BFN2O3S/c1-8-16(2,3)23-17(22-8)9-4-5-12-13(6-9)24-15(19-12)20-14(21)10-7-11(10)18/h4-6,8,10-11H,7H2,1-3H3,(H,19,20,21)/t8?,10-,11+/m1/s1. The van der Waals surface area contributed by atoms with E-state index in [0.29, 0.717) is 11.6 Å². The fraction of sp³-hybridized carbons (Fsp3) is 0.500. The van der Waals surface area contributed by atoms with Crippen molar-refractivity contribution in [3.05, 3.63) is 18.2 Å². The highest BCUT2D eigenvalue weighted by molar-refractivity contribution is 7.22. The summed E-state index contributed by atoms with van der Waals surface area (Å²) in [4.78, 5) is 16.2. The summed E-state index contributed by atoms with van der Waals surface area (Å²) in [6.07, 6.45) is -0.694. The van der Waals surface area contributed by atoms with Gasteiger partial charge < -0.3 is 14.6 Å². The lowest BCUT2D eigenvalue weighted by atomic mass is 9.79. The molecule has 1 saturated heterocycles. The Bertz CT molecular complexity index is 812. The Kier molecular flexibility index (Phi) is 3.67. The lowest BCUT2D eigenvalue weighted by molar-refractivity contribution is -0.117. The van der Waals surface area contributed by atoms with Gasteiger partial charge in [-0.05, 0) is 44.8 Å². The van der Waals surface area contributed by atoms with Crippen LogP contribution in [-0.2, 0) is 14.1 Å². The second-order valence-electron chi connectivity index (χ2n) is 6.93. The molecule has 1 aliphatic heterocycles. The minimum Gasteiger partial charge on any atom is -0.402 e. The fourth-order valence-corrected chi connectivity index (χ4v) is 3.59. The summed E-state index contributed by atoms with van der Waals surface area (Å²) in [5, 5.41) is 3.19. The van der Waals surface area contributed by atoms with E-state index in [2.05, 4.69) is 10.3 Å². The van der Waals surface area contributed by atoms with Gasteiger partial charge in [0, 0.05) is 0 Å². The third-order valence-electron chi connectivity index (χ3n) is 4.68. The van der Waals surface area contributed by atoms with Crippen molar-refractivity contribution in [2.24, 2.45) is 5.92 Å². The van der Waals surface area contributed by atoms with E-state index in [9.17, 15) is 9.18 Å². The smallest absolute Gasteiger partial charge is 0.402 e. The lowest BCUT2D eigenvalue weighted by Crippen LogP contribution is -2.34. The predicted octanol–water partition coefficient (Wildman–Crippen LogP) is 2.50. The van der Waals surface area contributed by atoms with Gasteiger partial charge >= 0.3 is 7.12 Å². The molecule has 1 aliphatic carbocycles. The largest absolute Gasteiger partial charge is 0.494 e. The van der Waals surface area contributed by atoms with E-state index in [1.165, 1.54) is 11.3 Å². The summed E-state index contributed by atoms with van der Waals surface area (Å²) < 4.78 is 25.7. The van der Waals surface area contributed by atoms with Crippen LogP contribution in [0.25, 0.3) is 10.2 Å². The molecule has 1 saturated carbocycles. The minimum atomic E-state index is -1.01. The molecule has 126 valence electrons. The van der Waals surface area contributed by atoms with Crippen molar-refractivity contribution in [3.63, 3.8) is 0 Å². The van der Waals surface area contributed by atoms with Crippen LogP contribution >= 0.6 is 11.3 Å². The van der Waals surface area contributed by atoms with Crippen LogP contribution in [0.3, 0.4) is 0 Å². The first-order valence-electron chi connectivity index (χ1n) is 8.02. The van der Waals surface area contributed by atoms with Crippen molar-refractivity contribution in [2.45, 2.75) is 45.1 Å². The Morgan fingerprint density at radius 3 is 2.88 bits per heavy atom. The number of carbonyl (C=O) groups excluding carboxylic acids is 1. The Morgan fingerprint density at radius 1 is 1.50 bits per heavy atom. The molecule has 2 fully saturated rings. The normalized spacial score (nSPS) is 28.3. The van der Waals surface area contributed by atoms with Crippen LogP contribution in [0.15, 0.2) is 18.2 Å². The van der Waals surface area contributed by atoms with E-state index in [1.54, 1.807) is 0 Å². The van der Waals surface area contributed by atoms with Crippen LogP contribution in [0, 0.1) is 5.92 Å². The van der Waals surface area contributed by atoms with Crippen molar-refractivity contribution in [1.29, 1.82) is 0 Å². The van der Waals surface area contributed by atoms with Crippen LogP contribution in [0.1, 0.15) is 27.2 Å². The van der Waals surface area contributed by atoms with Crippen LogP contribution in [0.4, 0.5) is 9.52 Å². The van der Waals surface area contributed by atoms with Crippen molar-refractivity contribution in [1.82, 2.24) is 4.98 Å². The van der Waals surface area contributed by atoms with Crippen LogP contribution < -0.4 is 10.8 Å². The number of carbonyl (C=O) groups is 1. The van der Waals surface area contributed by atoms with Gasteiger partial charge in [-0.2, -0.15) is 0 Å². The second-order valence-corrected chi connectivity index (χ2v) is 7.96. The number of amides is 1. The molecular formula is C16H18BFN2O3S. The molecule has 1 amide bonds. The third-order valence-corrected chi connectivity index (χ3v) is 5.62. The van der Waals surface area contributed by atoms with Gasteiger partial charge in [0.25, 0.3) is 0 Å². The molecule has 24 heavy (non-hydrogen) atoms. The first kappa shape index (κ1) is 16.0. The number of rotatable bonds is 3. The van der Waals surface area contributed by atoms with Crippen LogP contribution in [0.2, 0.25) is 0 Å². The molecule has 1 aromatic heterocycles. The average molecular weight is 348 g/mol. The maximum atomic E-state index is 12.9. The molecular weight excluding hydrogens is 330 g/mol. The Balaban J connectivity index is 1.54. The molecule has 1 N–H and O–H groups in total. The minimum absolute atomic E-state index is 0.00157. The number of fused-ring (bicyclic) bond motifs is 1. The van der Waals surface area contributed by atoms with Gasteiger partial charge in [-0.15, -0.1) is 0 Å². The fourth-order valence-electron chi connectivity index (χ4n) is 2.67. The number of hydrogen-bond acceptors (Lipinski definition) is 5. The van der Waals surface area contributed by atoms with E-state index >= 15 is 0 Å². The third kappa shape index (κ3) is 2.83. The molecule has 2 aliphatic rings. The number of hydrogen-bond donors (Lipinski definition) is 1. The zero-order valence-corrected chi connectivity index (χ0v) is 14.5. The van der Waals surface area contributed by atoms with Crippen molar-refractivity contribution in [3.8, 4) is 0 Å². The summed E-state index contributed by atoms with van der Waals surface area (Å²) in [7, 11) is -0.404. The first-order valence-corrected chi connectivity index (χ1v) is 8.84. The molecule has 3 atom stereocenters. The number of nitrogens with zero attached hydrogens (tertiary/aromatic N) is 1. The quantitative estimate of drug-likeness (QED) is 0.866. The van der Waals surface area contributed by atoms with E-state index in [4.69, 9.17) is 9.31 Å². The average Bonchev–Trinajstić information content (AvgIpc) is 3.00. The molecule has 8 heteroatoms. The highest BCUT2D eigenvalue weighted by Gasteiger charge is 2.44. The number of benzene rings is 1. The van der Waals surface area contributed by atoms with E-state index in [0.717, 1.165) is 15.7 Å². The molecule has 2 aromatic rings.